The molecule has 0 aliphatic carbocycles. The highest BCUT2D eigenvalue weighted by atomic mass is 32.2. The molecular formula is C13H20N2O3S. The lowest BCUT2D eigenvalue weighted by Gasteiger charge is -2.14. The number of hydrogen-bond donors (Lipinski definition) is 1. The van der Waals surface area contributed by atoms with Crippen molar-refractivity contribution in [1.82, 2.24) is 0 Å². The molecule has 1 aromatic rings. The van der Waals surface area contributed by atoms with Gasteiger partial charge in [0.05, 0.1) is 16.6 Å². The topological polar surface area (TPSA) is 74.1 Å². The van der Waals surface area contributed by atoms with Crippen molar-refractivity contribution < 1.29 is 18.5 Å². The molecule has 0 atom stereocenters. The van der Waals surface area contributed by atoms with Crippen LogP contribution in [-0.2, 0) is 16.6 Å². The molecule has 6 heteroatoms. The molecule has 0 saturated carbocycles. The van der Waals surface area contributed by atoms with Gasteiger partial charge < -0.3 is 14.8 Å². The SMILES string of the molecule is C=CCOc1ccc(C[NH2+]CC[N-]S(C)(=O)=O)cc1. The minimum absolute atomic E-state index is 0.319. The van der Waals surface area contributed by atoms with Crippen LogP contribution >= 0.6 is 0 Å². The molecule has 0 bridgehead atoms. The fourth-order valence-corrected chi connectivity index (χ4v) is 1.89. The molecule has 0 radical (unpaired) electrons. The average molecular weight is 284 g/mol. The van der Waals surface area contributed by atoms with Gasteiger partial charge in [0.25, 0.3) is 0 Å². The number of sulfonamides is 1. The molecule has 0 saturated heterocycles. The first-order chi connectivity index (χ1) is 9.01. The Hall–Kier alpha value is -1.37. The predicted molar refractivity (Wildman–Crippen MR) is 75.7 cm³/mol. The van der Waals surface area contributed by atoms with Crippen molar-refractivity contribution >= 4 is 10.0 Å². The lowest BCUT2D eigenvalue weighted by atomic mass is 10.2. The average Bonchev–Trinajstić information content (AvgIpc) is 2.36. The summed E-state index contributed by atoms with van der Waals surface area (Å²) in [7, 11) is -3.20. The van der Waals surface area contributed by atoms with E-state index in [4.69, 9.17) is 4.74 Å². The molecule has 0 amide bonds. The van der Waals surface area contributed by atoms with Crippen molar-refractivity contribution in [3.8, 4) is 5.75 Å². The quantitative estimate of drug-likeness (QED) is 0.534. The van der Waals surface area contributed by atoms with Gasteiger partial charge in [-0.15, -0.1) is 0 Å². The van der Waals surface area contributed by atoms with Gasteiger partial charge in [-0.2, -0.15) is 0 Å². The normalized spacial score (nSPS) is 11.2. The van der Waals surface area contributed by atoms with E-state index in [-0.39, 0.29) is 0 Å². The minimum atomic E-state index is -3.20. The van der Waals surface area contributed by atoms with Crippen LogP contribution in [0.1, 0.15) is 5.56 Å². The zero-order chi connectivity index (χ0) is 14.1. The summed E-state index contributed by atoms with van der Waals surface area (Å²) in [5.74, 6) is 0.815. The second kappa shape index (κ2) is 7.93. The highest BCUT2D eigenvalue weighted by Gasteiger charge is 1.96. The van der Waals surface area contributed by atoms with Gasteiger partial charge in [0.15, 0.2) is 0 Å². The molecule has 1 aromatic carbocycles. The molecule has 1 rings (SSSR count). The van der Waals surface area contributed by atoms with Gasteiger partial charge in [0.1, 0.15) is 18.9 Å². The summed E-state index contributed by atoms with van der Waals surface area (Å²) < 4.78 is 30.5. The molecule has 2 N–H and O–H groups in total. The Bertz CT molecular complexity index is 483. The zero-order valence-electron chi connectivity index (χ0n) is 11.1. The molecular weight excluding hydrogens is 264 g/mol. The Kier molecular flexibility index (Phi) is 6.55. The van der Waals surface area contributed by atoms with E-state index >= 15 is 0 Å². The van der Waals surface area contributed by atoms with E-state index in [9.17, 15) is 8.42 Å². The van der Waals surface area contributed by atoms with Crippen LogP contribution in [0.4, 0.5) is 0 Å². The van der Waals surface area contributed by atoms with E-state index in [0.29, 0.717) is 19.7 Å². The Morgan fingerprint density at radius 2 is 2.05 bits per heavy atom. The summed E-state index contributed by atoms with van der Waals surface area (Å²) in [5, 5.41) is 2.02. The second-order valence-electron chi connectivity index (χ2n) is 4.11. The summed E-state index contributed by atoms with van der Waals surface area (Å²) in [6, 6.07) is 7.80. The summed E-state index contributed by atoms with van der Waals surface area (Å²) in [4.78, 5) is 0. The van der Waals surface area contributed by atoms with Crippen LogP contribution < -0.4 is 10.1 Å². The minimum Gasteiger partial charge on any atom is -0.545 e. The first-order valence-corrected chi connectivity index (χ1v) is 7.89. The van der Waals surface area contributed by atoms with Gasteiger partial charge in [-0.05, 0) is 24.3 Å². The van der Waals surface area contributed by atoms with Crippen molar-refractivity contribution in [2.24, 2.45) is 0 Å². The van der Waals surface area contributed by atoms with E-state index in [1.54, 1.807) is 6.08 Å². The van der Waals surface area contributed by atoms with Crippen LogP contribution in [-0.4, -0.2) is 34.4 Å². The molecule has 0 fully saturated rings. The Morgan fingerprint density at radius 1 is 1.37 bits per heavy atom. The smallest absolute Gasteiger partial charge is 0.119 e. The third kappa shape index (κ3) is 7.61. The summed E-state index contributed by atoms with van der Waals surface area (Å²) in [6.07, 6.45) is 2.81. The lowest BCUT2D eigenvalue weighted by molar-refractivity contribution is -0.667. The lowest BCUT2D eigenvalue weighted by Crippen LogP contribution is -2.83. The largest absolute Gasteiger partial charge is 0.545 e. The number of rotatable bonds is 9. The van der Waals surface area contributed by atoms with E-state index in [0.717, 1.165) is 24.1 Å². The van der Waals surface area contributed by atoms with Crippen LogP contribution in [0.2, 0.25) is 0 Å². The molecule has 19 heavy (non-hydrogen) atoms. The standard InChI is InChI=1S/C13H19N2O3S/c1-3-10-18-13-6-4-12(5-7-13)11-14-8-9-15-19(2,16)17/h3-7,14H,1,8-11H2,2H3/q-1/p+1. The van der Waals surface area contributed by atoms with Gasteiger partial charge in [-0.3, -0.25) is 0 Å². The van der Waals surface area contributed by atoms with Crippen molar-refractivity contribution in [2.45, 2.75) is 6.54 Å². The number of benzene rings is 1. The van der Waals surface area contributed by atoms with Gasteiger partial charge in [0, 0.05) is 11.8 Å². The number of quaternary nitrogens is 1. The van der Waals surface area contributed by atoms with Crippen LogP contribution in [0.5, 0.6) is 5.75 Å². The number of hydrogen-bond acceptors (Lipinski definition) is 3. The Morgan fingerprint density at radius 3 is 2.63 bits per heavy atom. The Balaban J connectivity index is 2.24. The molecule has 0 aliphatic heterocycles. The van der Waals surface area contributed by atoms with E-state index in [2.05, 4.69) is 11.3 Å². The molecule has 0 aliphatic rings. The molecule has 0 unspecified atom stereocenters. The maximum absolute atomic E-state index is 10.8. The highest BCUT2D eigenvalue weighted by Crippen LogP contribution is 2.11. The first kappa shape index (κ1) is 15.7. The number of ether oxygens (including phenoxy) is 1. The van der Waals surface area contributed by atoms with Crippen molar-refractivity contribution in [2.75, 3.05) is 26.0 Å². The van der Waals surface area contributed by atoms with Gasteiger partial charge in [-0.25, -0.2) is 8.42 Å². The Labute approximate surface area is 114 Å². The van der Waals surface area contributed by atoms with E-state index in [1.165, 1.54) is 0 Å². The molecule has 0 heterocycles. The maximum atomic E-state index is 10.8. The van der Waals surface area contributed by atoms with Crippen LogP contribution in [0.25, 0.3) is 4.72 Å². The second-order valence-corrected chi connectivity index (χ2v) is 5.84. The molecule has 0 spiro atoms. The summed E-state index contributed by atoms with van der Waals surface area (Å²) in [5.41, 5.74) is 1.16. The zero-order valence-corrected chi connectivity index (χ0v) is 11.9. The number of nitrogens with zero attached hydrogens (tertiary/aromatic N) is 1. The molecule has 5 nitrogen and oxygen atoms in total. The molecule has 106 valence electrons. The van der Waals surface area contributed by atoms with Crippen molar-refractivity contribution in [3.63, 3.8) is 0 Å². The summed E-state index contributed by atoms with van der Waals surface area (Å²) >= 11 is 0. The van der Waals surface area contributed by atoms with Crippen molar-refractivity contribution in [3.05, 3.63) is 47.2 Å². The third-order valence-corrected chi connectivity index (χ3v) is 2.98. The van der Waals surface area contributed by atoms with Gasteiger partial charge in [0.2, 0.25) is 0 Å². The highest BCUT2D eigenvalue weighted by molar-refractivity contribution is 7.93. The van der Waals surface area contributed by atoms with Crippen LogP contribution in [0.3, 0.4) is 0 Å². The third-order valence-electron chi connectivity index (χ3n) is 2.33. The van der Waals surface area contributed by atoms with E-state index < -0.39 is 10.0 Å². The van der Waals surface area contributed by atoms with Crippen molar-refractivity contribution in [1.29, 1.82) is 0 Å². The van der Waals surface area contributed by atoms with Crippen LogP contribution in [0, 0.1) is 0 Å². The van der Waals surface area contributed by atoms with Gasteiger partial charge >= 0.3 is 0 Å². The van der Waals surface area contributed by atoms with Gasteiger partial charge in [-0.1, -0.05) is 19.2 Å². The summed E-state index contributed by atoms with van der Waals surface area (Å²) in [6.45, 7) is 5.85. The van der Waals surface area contributed by atoms with E-state index in [1.807, 2.05) is 29.6 Å². The fourth-order valence-electron chi connectivity index (χ4n) is 1.46. The predicted octanol–water partition coefficient (Wildman–Crippen LogP) is 0.648. The first-order valence-electron chi connectivity index (χ1n) is 6.04. The van der Waals surface area contributed by atoms with Crippen LogP contribution in [0.15, 0.2) is 36.9 Å². The monoisotopic (exact) mass is 284 g/mol. The molecule has 0 aromatic heterocycles. The number of nitrogens with two attached hydrogens (primary N) is 1. The maximum Gasteiger partial charge on any atom is 0.119 e. The fraction of sp³-hybridized carbons (Fsp3) is 0.385.